The predicted octanol–water partition coefficient (Wildman–Crippen LogP) is 1.15. The summed E-state index contributed by atoms with van der Waals surface area (Å²) in [6.07, 6.45) is 4.28. The first-order valence-corrected chi connectivity index (χ1v) is 7.95. The van der Waals surface area contributed by atoms with E-state index in [1.807, 2.05) is 0 Å². The first kappa shape index (κ1) is 15.8. The minimum Gasteiger partial charge on any atom is -0.462 e. The summed E-state index contributed by atoms with van der Waals surface area (Å²) in [4.78, 5) is 12.0. The second-order valence-corrected chi connectivity index (χ2v) is 5.82. The molecule has 1 aliphatic heterocycles. The first-order valence-electron chi connectivity index (χ1n) is 6.51. The molecular weight excluding hydrogens is 308 g/mol. The van der Waals surface area contributed by atoms with E-state index in [0.717, 1.165) is 0 Å². The summed E-state index contributed by atoms with van der Waals surface area (Å²) >= 11 is 0. The van der Waals surface area contributed by atoms with E-state index in [1.54, 1.807) is 32.1 Å². The molecule has 2 rings (SSSR count). The number of ether oxygens (including phenoxy) is 1. The molecule has 0 unspecified atom stereocenters. The summed E-state index contributed by atoms with van der Waals surface area (Å²) in [6, 6.07) is 4.84. The Hall–Kier alpha value is -2.55. The number of hydrogen-bond acceptors (Lipinski definition) is 6. The highest BCUT2D eigenvalue weighted by atomic mass is 32.2. The fourth-order valence-electron chi connectivity index (χ4n) is 1.77. The number of allylic oxidation sites excluding steroid dienone is 1. The highest BCUT2D eigenvalue weighted by molar-refractivity contribution is 7.90. The quantitative estimate of drug-likeness (QED) is 0.791. The Bertz CT molecular complexity index is 728. The standard InChI is InChI=1S/C13H16N4O4S/c1-3-21-13(18)11-7-4-6-10(2)12(11)16-22(19,20)17-14-8-5-9-15-17/h4-9,14,16H,3H2,1-2H3. The van der Waals surface area contributed by atoms with Crippen molar-refractivity contribution < 1.29 is 17.9 Å². The topological polar surface area (TPSA) is 100 Å². The zero-order valence-electron chi connectivity index (χ0n) is 12.1. The van der Waals surface area contributed by atoms with E-state index in [4.69, 9.17) is 4.74 Å². The van der Waals surface area contributed by atoms with Gasteiger partial charge in [0.05, 0.1) is 24.1 Å². The average molecular weight is 324 g/mol. The Kier molecular flexibility index (Phi) is 4.66. The number of rotatable bonds is 5. The van der Waals surface area contributed by atoms with Crippen LogP contribution in [0.15, 0.2) is 35.6 Å². The number of para-hydroxylation sites is 1. The van der Waals surface area contributed by atoms with Crippen LogP contribution in [0.2, 0.25) is 0 Å². The Labute approximate surface area is 128 Å². The normalized spacial score (nSPS) is 13.6. The molecule has 1 aromatic carbocycles. The number of carbonyl (C=O) groups is 1. The van der Waals surface area contributed by atoms with Gasteiger partial charge in [0.25, 0.3) is 0 Å². The van der Waals surface area contributed by atoms with Gasteiger partial charge >= 0.3 is 16.2 Å². The number of anilines is 1. The van der Waals surface area contributed by atoms with E-state index >= 15 is 0 Å². The Morgan fingerprint density at radius 3 is 2.86 bits per heavy atom. The van der Waals surface area contributed by atoms with Crippen molar-refractivity contribution in [1.29, 1.82) is 0 Å². The van der Waals surface area contributed by atoms with Crippen LogP contribution in [-0.2, 0) is 14.9 Å². The Balaban J connectivity index is 2.34. The molecule has 118 valence electrons. The third-order valence-corrected chi connectivity index (χ3v) is 3.88. The molecule has 22 heavy (non-hydrogen) atoms. The van der Waals surface area contributed by atoms with E-state index in [-0.39, 0.29) is 17.9 Å². The van der Waals surface area contributed by atoms with Crippen LogP contribution in [-0.4, -0.2) is 31.7 Å². The molecule has 1 aromatic rings. The number of nitrogens with one attached hydrogen (secondary N) is 2. The lowest BCUT2D eigenvalue weighted by molar-refractivity contribution is 0.0527. The van der Waals surface area contributed by atoms with Crippen LogP contribution in [0.3, 0.4) is 0 Å². The predicted molar refractivity (Wildman–Crippen MR) is 82.3 cm³/mol. The molecule has 8 nitrogen and oxygen atoms in total. The maximum absolute atomic E-state index is 12.3. The zero-order valence-corrected chi connectivity index (χ0v) is 12.9. The molecule has 1 heterocycles. The molecule has 0 saturated heterocycles. The highest BCUT2D eigenvalue weighted by Crippen LogP contribution is 2.23. The SMILES string of the molecule is CCOC(=O)c1cccc(C)c1NS(=O)(=O)N1N=CC=CN1. The summed E-state index contributed by atoms with van der Waals surface area (Å²) in [5, 5.41) is 3.68. The average Bonchev–Trinajstić information content (AvgIpc) is 2.50. The number of hydrazine groups is 1. The lowest BCUT2D eigenvalue weighted by atomic mass is 10.1. The van der Waals surface area contributed by atoms with Gasteiger partial charge in [0, 0.05) is 6.20 Å². The van der Waals surface area contributed by atoms with Gasteiger partial charge in [-0.1, -0.05) is 16.7 Å². The Morgan fingerprint density at radius 1 is 1.45 bits per heavy atom. The molecule has 9 heteroatoms. The van der Waals surface area contributed by atoms with Crippen molar-refractivity contribution in [2.75, 3.05) is 11.3 Å². The highest BCUT2D eigenvalue weighted by Gasteiger charge is 2.24. The molecule has 0 amide bonds. The van der Waals surface area contributed by atoms with Crippen LogP contribution in [0, 0.1) is 6.92 Å². The summed E-state index contributed by atoms with van der Waals surface area (Å²) in [7, 11) is -4.01. The van der Waals surface area contributed by atoms with Crippen molar-refractivity contribution in [3.8, 4) is 0 Å². The van der Waals surface area contributed by atoms with Gasteiger partial charge in [0.15, 0.2) is 0 Å². The van der Waals surface area contributed by atoms with E-state index in [2.05, 4.69) is 15.2 Å². The van der Waals surface area contributed by atoms with Crippen molar-refractivity contribution in [1.82, 2.24) is 9.95 Å². The first-order chi connectivity index (χ1) is 10.5. The number of benzene rings is 1. The van der Waals surface area contributed by atoms with Crippen LogP contribution in [0.4, 0.5) is 5.69 Å². The van der Waals surface area contributed by atoms with Crippen molar-refractivity contribution in [3.63, 3.8) is 0 Å². The molecule has 0 aromatic heterocycles. The fourth-order valence-corrected chi connectivity index (χ4v) is 2.76. The van der Waals surface area contributed by atoms with Gasteiger partial charge in [-0.15, -0.1) is 5.10 Å². The molecule has 1 aliphatic rings. The monoisotopic (exact) mass is 324 g/mol. The van der Waals surface area contributed by atoms with Crippen LogP contribution in [0.25, 0.3) is 0 Å². The van der Waals surface area contributed by atoms with Crippen molar-refractivity contribution >= 4 is 28.1 Å². The molecule has 0 atom stereocenters. The molecule has 0 bridgehead atoms. The summed E-state index contributed by atoms with van der Waals surface area (Å²) in [5.41, 5.74) is 3.35. The molecule has 0 radical (unpaired) electrons. The van der Waals surface area contributed by atoms with Gasteiger partial charge in [-0.3, -0.25) is 10.1 Å². The van der Waals surface area contributed by atoms with Gasteiger partial charge in [-0.25, -0.2) is 4.79 Å². The molecule has 0 aliphatic carbocycles. The number of aryl methyl sites for hydroxylation is 1. The van der Waals surface area contributed by atoms with Gasteiger partial charge < -0.3 is 4.74 Å². The molecule has 0 spiro atoms. The number of hydrazone groups is 1. The molecule has 2 N–H and O–H groups in total. The second kappa shape index (κ2) is 6.48. The summed E-state index contributed by atoms with van der Waals surface area (Å²) < 4.78 is 32.5. The third-order valence-electron chi connectivity index (χ3n) is 2.77. The lowest BCUT2D eigenvalue weighted by Crippen LogP contribution is -2.41. The van der Waals surface area contributed by atoms with Crippen molar-refractivity contribution in [3.05, 3.63) is 41.6 Å². The van der Waals surface area contributed by atoms with Gasteiger partial charge in [-0.2, -0.15) is 8.42 Å². The van der Waals surface area contributed by atoms with Gasteiger partial charge in [0.1, 0.15) is 0 Å². The van der Waals surface area contributed by atoms with E-state index < -0.39 is 16.2 Å². The van der Waals surface area contributed by atoms with Gasteiger partial charge in [0.2, 0.25) is 0 Å². The molecule has 0 saturated carbocycles. The van der Waals surface area contributed by atoms with Gasteiger partial charge in [-0.05, 0) is 31.6 Å². The van der Waals surface area contributed by atoms with E-state index in [9.17, 15) is 13.2 Å². The number of hydrogen-bond donors (Lipinski definition) is 2. The molecule has 0 fully saturated rings. The summed E-state index contributed by atoms with van der Waals surface area (Å²) in [6.45, 7) is 3.56. The second-order valence-electron chi connectivity index (χ2n) is 4.32. The van der Waals surface area contributed by atoms with Crippen LogP contribution in [0.1, 0.15) is 22.8 Å². The van der Waals surface area contributed by atoms with Crippen LogP contribution >= 0.6 is 0 Å². The maximum atomic E-state index is 12.3. The minimum absolute atomic E-state index is 0.141. The zero-order chi connectivity index (χ0) is 16.2. The summed E-state index contributed by atoms with van der Waals surface area (Å²) in [5.74, 6) is -0.598. The smallest absolute Gasteiger partial charge is 0.357 e. The maximum Gasteiger partial charge on any atom is 0.357 e. The lowest BCUT2D eigenvalue weighted by Gasteiger charge is -2.22. The van der Waals surface area contributed by atoms with Crippen molar-refractivity contribution in [2.45, 2.75) is 13.8 Å². The largest absolute Gasteiger partial charge is 0.462 e. The van der Waals surface area contributed by atoms with E-state index in [1.165, 1.54) is 18.5 Å². The number of esters is 1. The third kappa shape index (κ3) is 3.37. The minimum atomic E-state index is -4.01. The molecular formula is C13H16N4O4S. The van der Waals surface area contributed by atoms with Crippen molar-refractivity contribution in [2.24, 2.45) is 5.10 Å². The van der Waals surface area contributed by atoms with Crippen LogP contribution in [0.5, 0.6) is 0 Å². The number of nitrogens with zero attached hydrogens (tertiary/aromatic N) is 2. The fraction of sp³-hybridized carbons (Fsp3) is 0.231. The van der Waals surface area contributed by atoms with E-state index in [0.29, 0.717) is 10.1 Å². The number of carbonyl (C=O) groups excluding carboxylic acids is 1. The Morgan fingerprint density at radius 2 is 2.23 bits per heavy atom. The van der Waals surface area contributed by atoms with Crippen LogP contribution < -0.4 is 10.1 Å².